The second kappa shape index (κ2) is 6.86. The number of hydrogen-bond donors (Lipinski definition) is 0. The van der Waals surface area contributed by atoms with E-state index < -0.39 is 0 Å². The fourth-order valence-electron chi connectivity index (χ4n) is 2.50. The Morgan fingerprint density at radius 2 is 2.15 bits per heavy atom. The van der Waals surface area contributed by atoms with Crippen molar-refractivity contribution in [3.05, 3.63) is 29.8 Å². The Kier molecular flexibility index (Phi) is 5.15. The van der Waals surface area contributed by atoms with Gasteiger partial charge in [-0.1, -0.05) is 6.92 Å². The van der Waals surface area contributed by atoms with Gasteiger partial charge in [0.2, 0.25) is 0 Å². The minimum absolute atomic E-state index is 0.110. The molecule has 1 saturated heterocycles. The lowest BCUT2D eigenvalue weighted by Crippen LogP contribution is -2.49. The summed E-state index contributed by atoms with van der Waals surface area (Å²) in [6.07, 6.45) is 1.23. The van der Waals surface area contributed by atoms with E-state index in [1.54, 1.807) is 7.11 Å². The van der Waals surface area contributed by atoms with E-state index in [-0.39, 0.29) is 17.9 Å². The molecule has 1 fully saturated rings. The molecular formula is C16H23NO3. The molecule has 2 unspecified atom stereocenters. The van der Waals surface area contributed by atoms with Crippen LogP contribution in [0.15, 0.2) is 24.3 Å². The normalized spacial score (nSPS) is 21.4. The Morgan fingerprint density at radius 1 is 1.45 bits per heavy atom. The maximum atomic E-state index is 12.5. The Balaban J connectivity index is 2.03. The van der Waals surface area contributed by atoms with Gasteiger partial charge in [0.25, 0.3) is 0 Å². The third-order valence-electron chi connectivity index (χ3n) is 3.93. The van der Waals surface area contributed by atoms with Crippen molar-refractivity contribution in [3.63, 3.8) is 0 Å². The largest absolute Gasteiger partial charge is 0.497 e. The maximum absolute atomic E-state index is 12.5. The maximum Gasteiger partial charge on any atom is 0.179 e. The first-order valence-corrected chi connectivity index (χ1v) is 7.19. The van der Waals surface area contributed by atoms with Gasteiger partial charge in [-0.05, 0) is 37.6 Å². The molecule has 0 radical (unpaired) electrons. The average molecular weight is 277 g/mol. The van der Waals surface area contributed by atoms with Crippen LogP contribution in [0.5, 0.6) is 5.75 Å². The molecule has 110 valence electrons. The van der Waals surface area contributed by atoms with E-state index in [9.17, 15) is 4.79 Å². The summed E-state index contributed by atoms with van der Waals surface area (Å²) < 4.78 is 10.8. The van der Waals surface area contributed by atoms with Crippen molar-refractivity contribution >= 4 is 5.78 Å². The van der Waals surface area contributed by atoms with Crippen molar-refractivity contribution in [1.29, 1.82) is 0 Å². The van der Waals surface area contributed by atoms with Gasteiger partial charge in [-0.25, -0.2) is 0 Å². The second-order valence-corrected chi connectivity index (χ2v) is 5.16. The molecule has 0 aromatic heterocycles. The Morgan fingerprint density at radius 3 is 2.75 bits per heavy atom. The molecule has 2 rings (SSSR count). The Bertz CT molecular complexity index is 444. The van der Waals surface area contributed by atoms with Crippen LogP contribution in [-0.2, 0) is 4.74 Å². The van der Waals surface area contributed by atoms with Gasteiger partial charge in [-0.3, -0.25) is 9.69 Å². The zero-order valence-electron chi connectivity index (χ0n) is 12.5. The molecule has 2 atom stereocenters. The molecule has 0 saturated carbocycles. The second-order valence-electron chi connectivity index (χ2n) is 5.16. The number of nitrogens with zero attached hydrogens (tertiary/aromatic N) is 1. The van der Waals surface area contributed by atoms with Crippen LogP contribution in [0.2, 0.25) is 0 Å². The number of carbonyl (C=O) groups is 1. The highest BCUT2D eigenvalue weighted by atomic mass is 16.5. The first kappa shape index (κ1) is 15.0. The van der Waals surface area contributed by atoms with Crippen LogP contribution in [0, 0.1) is 0 Å². The lowest BCUT2D eigenvalue weighted by molar-refractivity contribution is -0.0382. The number of hydrogen-bond acceptors (Lipinski definition) is 4. The molecular weight excluding hydrogens is 254 g/mol. The SMILES string of the molecule is CCC1CN(C(C)C(=O)c2ccc(OC)cc2)CCO1. The molecule has 0 spiro atoms. The number of benzene rings is 1. The molecule has 0 amide bonds. The molecule has 1 heterocycles. The number of ether oxygens (including phenoxy) is 2. The first-order valence-electron chi connectivity index (χ1n) is 7.19. The molecule has 0 N–H and O–H groups in total. The summed E-state index contributed by atoms with van der Waals surface area (Å²) in [5.41, 5.74) is 0.734. The summed E-state index contributed by atoms with van der Waals surface area (Å²) in [7, 11) is 1.62. The smallest absolute Gasteiger partial charge is 0.179 e. The van der Waals surface area contributed by atoms with Gasteiger partial charge in [0.05, 0.1) is 25.9 Å². The number of rotatable bonds is 5. The number of ketones is 1. The Labute approximate surface area is 120 Å². The van der Waals surface area contributed by atoms with Crippen molar-refractivity contribution in [2.75, 3.05) is 26.8 Å². The lowest BCUT2D eigenvalue weighted by Gasteiger charge is -2.35. The van der Waals surface area contributed by atoms with E-state index in [0.29, 0.717) is 6.61 Å². The van der Waals surface area contributed by atoms with E-state index in [1.807, 2.05) is 31.2 Å². The highest BCUT2D eigenvalue weighted by Gasteiger charge is 2.27. The lowest BCUT2D eigenvalue weighted by atomic mass is 10.0. The van der Waals surface area contributed by atoms with Crippen LogP contribution in [0.1, 0.15) is 30.6 Å². The van der Waals surface area contributed by atoms with E-state index in [1.165, 1.54) is 0 Å². The number of carbonyl (C=O) groups excluding carboxylic acids is 1. The van der Waals surface area contributed by atoms with Gasteiger partial charge < -0.3 is 9.47 Å². The molecule has 20 heavy (non-hydrogen) atoms. The molecule has 1 aromatic rings. The van der Waals surface area contributed by atoms with Crippen LogP contribution in [-0.4, -0.2) is 49.6 Å². The minimum atomic E-state index is -0.110. The predicted octanol–water partition coefficient (Wildman–Crippen LogP) is 2.38. The number of methoxy groups -OCH3 is 1. The molecule has 1 aromatic carbocycles. The van der Waals surface area contributed by atoms with Gasteiger partial charge in [0, 0.05) is 18.7 Å². The van der Waals surface area contributed by atoms with Crippen LogP contribution in [0.3, 0.4) is 0 Å². The molecule has 4 heteroatoms. The van der Waals surface area contributed by atoms with Crippen molar-refractivity contribution in [3.8, 4) is 5.75 Å². The Hall–Kier alpha value is -1.39. The summed E-state index contributed by atoms with van der Waals surface area (Å²) in [5, 5.41) is 0. The van der Waals surface area contributed by atoms with E-state index in [2.05, 4.69) is 11.8 Å². The predicted molar refractivity (Wildman–Crippen MR) is 78.4 cm³/mol. The highest BCUT2D eigenvalue weighted by Crippen LogP contribution is 2.17. The zero-order chi connectivity index (χ0) is 14.5. The molecule has 1 aliphatic heterocycles. The zero-order valence-corrected chi connectivity index (χ0v) is 12.5. The summed E-state index contributed by atoms with van der Waals surface area (Å²) in [5.74, 6) is 0.927. The van der Waals surface area contributed by atoms with E-state index in [4.69, 9.17) is 9.47 Å². The van der Waals surface area contributed by atoms with E-state index >= 15 is 0 Å². The van der Waals surface area contributed by atoms with Gasteiger partial charge in [-0.15, -0.1) is 0 Å². The standard InChI is InChI=1S/C16H23NO3/c1-4-14-11-17(9-10-20-14)12(2)16(18)13-5-7-15(19-3)8-6-13/h5-8,12,14H,4,9-11H2,1-3H3. The topological polar surface area (TPSA) is 38.8 Å². The van der Waals surface area contributed by atoms with Crippen molar-refractivity contribution < 1.29 is 14.3 Å². The fourth-order valence-corrected chi connectivity index (χ4v) is 2.50. The van der Waals surface area contributed by atoms with Crippen molar-refractivity contribution in [2.45, 2.75) is 32.4 Å². The number of Topliss-reactive ketones (excluding diaryl/α,β-unsaturated/α-hetero) is 1. The molecule has 0 bridgehead atoms. The van der Waals surface area contributed by atoms with Gasteiger partial charge >= 0.3 is 0 Å². The van der Waals surface area contributed by atoms with Gasteiger partial charge in [-0.2, -0.15) is 0 Å². The van der Waals surface area contributed by atoms with Crippen molar-refractivity contribution in [1.82, 2.24) is 4.90 Å². The highest BCUT2D eigenvalue weighted by molar-refractivity contribution is 5.99. The summed E-state index contributed by atoms with van der Waals surface area (Å²) in [6, 6.07) is 7.20. The van der Waals surface area contributed by atoms with Gasteiger partial charge in [0.15, 0.2) is 5.78 Å². The van der Waals surface area contributed by atoms with Crippen LogP contribution >= 0.6 is 0 Å². The van der Waals surface area contributed by atoms with E-state index in [0.717, 1.165) is 30.8 Å². The summed E-state index contributed by atoms with van der Waals surface area (Å²) in [6.45, 7) is 6.45. The third kappa shape index (κ3) is 3.38. The van der Waals surface area contributed by atoms with Crippen LogP contribution < -0.4 is 4.74 Å². The van der Waals surface area contributed by atoms with Crippen LogP contribution in [0.4, 0.5) is 0 Å². The quantitative estimate of drug-likeness (QED) is 0.775. The summed E-state index contributed by atoms with van der Waals surface area (Å²) in [4.78, 5) is 14.7. The molecule has 4 nitrogen and oxygen atoms in total. The summed E-state index contributed by atoms with van der Waals surface area (Å²) >= 11 is 0. The third-order valence-corrected chi connectivity index (χ3v) is 3.93. The number of morpholine rings is 1. The molecule has 1 aliphatic rings. The first-order chi connectivity index (χ1) is 9.65. The van der Waals surface area contributed by atoms with Crippen LogP contribution in [0.25, 0.3) is 0 Å². The average Bonchev–Trinajstić information content (AvgIpc) is 2.53. The molecule has 0 aliphatic carbocycles. The monoisotopic (exact) mass is 277 g/mol. The van der Waals surface area contributed by atoms with Gasteiger partial charge in [0.1, 0.15) is 5.75 Å². The fraction of sp³-hybridized carbons (Fsp3) is 0.562. The minimum Gasteiger partial charge on any atom is -0.497 e. The van der Waals surface area contributed by atoms with Crippen molar-refractivity contribution in [2.24, 2.45) is 0 Å².